The van der Waals surface area contributed by atoms with Crippen molar-refractivity contribution in [3.05, 3.63) is 65.7 Å². The fourth-order valence-corrected chi connectivity index (χ4v) is 4.48. The van der Waals surface area contributed by atoms with Gasteiger partial charge in [0.1, 0.15) is 0 Å². The second-order valence-electron chi connectivity index (χ2n) is 9.41. The lowest BCUT2D eigenvalue weighted by molar-refractivity contribution is -0.126. The predicted octanol–water partition coefficient (Wildman–Crippen LogP) is 3.55. The first-order valence-corrected chi connectivity index (χ1v) is 13.6. The number of nitrogens with one attached hydrogen (secondary N) is 3. The molecule has 1 aliphatic rings. The fourth-order valence-electron chi connectivity index (χ4n) is 4.48. The summed E-state index contributed by atoms with van der Waals surface area (Å²) in [6.45, 7) is 4.48. The first-order chi connectivity index (χ1) is 18.6. The van der Waals surface area contributed by atoms with E-state index in [4.69, 9.17) is 9.47 Å². The molecule has 1 fully saturated rings. The molecule has 0 unspecified atom stereocenters. The number of carbonyl (C=O) groups excluding carboxylic acids is 2. The number of ether oxygens (including phenoxy) is 2. The maximum Gasteiger partial charge on any atom is 0.246 e. The van der Waals surface area contributed by atoms with Gasteiger partial charge in [-0.15, -0.1) is 0 Å². The molecule has 0 radical (unpaired) electrons. The van der Waals surface area contributed by atoms with Crippen LogP contribution in [0.3, 0.4) is 0 Å². The first kappa shape index (κ1) is 29.2. The van der Waals surface area contributed by atoms with Crippen LogP contribution in [-0.4, -0.2) is 70.2 Å². The highest BCUT2D eigenvalue weighted by atomic mass is 16.5. The number of nitrogens with zero attached hydrogens (tertiary/aromatic N) is 1. The van der Waals surface area contributed by atoms with Crippen molar-refractivity contribution in [2.75, 3.05) is 53.5 Å². The first-order valence-electron chi connectivity index (χ1n) is 13.6. The van der Waals surface area contributed by atoms with Crippen LogP contribution in [0.5, 0.6) is 11.5 Å². The summed E-state index contributed by atoms with van der Waals surface area (Å²) in [6, 6.07) is 15.7. The van der Waals surface area contributed by atoms with Gasteiger partial charge in [0, 0.05) is 38.2 Å². The second kappa shape index (κ2) is 16.5. The minimum absolute atomic E-state index is 0.0139. The van der Waals surface area contributed by atoms with Gasteiger partial charge in [0.05, 0.1) is 14.2 Å². The van der Waals surface area contributed by atoms with Gasteiger partial charge in [-0.25, -0.2) is 0 Å². The molecule has 0 spiro atoms. The molecule has 2 amide bonds. The summed E-state index contributed by atoms with van der Waals surface area (Å²) in [5, 5.41) is 10.1. The van der Waals surface area contributed by atoms with Gasteiger partial charge in [-0.2, -0.15) is 0 Å². The molecule has 3 rings (SSSR count). The fraction of sp³-hybridized carbons (Fsp3) is 0.467. The number of benzene rings is 2. The third-order valence-corrected chi connectivity index (χ3v) is 6.61. The summed E-state index contributed by atoms with van der Waals surface area (Å²) in [5.74, 6) is 1.25. The second-order valence-corrected chi connectivity index (χ2v) is 9.41. The quantitative estimate of drug-likeness (QED) is 0.521. The molecule has 0 saturated carbocycles. The van der Waals surface area contributed by atoms with Crippen molar-refractivity contribution in [3.8, 4) is 11.5 Å². The Bertz CT molecular complexity index is 1030. The van der Waals surface area contributed by atoms with Gasteiger partial charge in [-0.05, 0) is 74.7 Å². The predicted molar refractivity (Wildman–Crippen MR) is 151 cm³/mol. The van der Waals surface area contributed by atoms with E-state index in [-0.39, 0.29) is 17.9 Å². The van der Waals surface area contributed by atoms with E-state index in [1.807, 2.05) is 41.3 Å². The minimum Gasteiger partial charge on any atom is -0.493 e. The molecule has 1 heterocycles. The van der Waals surface area contributed by atoms with Crippen LogP contribution in [0.25, 0.3) is 6.08 Å². The number of methoxy groups -OCH3 is 2. The van der Waals surface area contributed by atoms with Crippen LogP contribution in [0.4, 0.5) is 0 Å². The summed E-state index contributed by atoms with van der Waals surface area (Å²) in [4.78, 5) is 27.7. The summed E-state index contributed by atoms with van der Waals surface area (Å²) in [6.07, 6.45) is 7.39. The van der Waals surface area contributed by atoms with Crippen molar-refractivity contribution >= 4 is 17.9 Å². The Morgan fingerprint density at radius 3 is 2.45 bits per heavy atom. The van der Waals surface area contributed by atoms with E-state index < -0.39 is 0 Å². The van der Waals surface area contributed by atoms with E-state index in [1.54, 1.807) is 26.4 Å². The number of hydrogen-bond donors (Lipinski definition) is 3. The summed E-state index contributed by atoms with van der Waals surface area (Å²) in [7, 11) is 3.19. The molecule has 0 aromatic heterocycles. The highest BCUT2D eigenvalue weighted by molar-refractivity contribution is 5.91. The summed E-state index contributed by atoms with van der Waals surface area (Å²) >= 11 is 0. The van der Waals surface area contributed by atoms with Crippen molar-refractivity contribution in [2.24, 2.45) is 0 Å². The van der Waals surface area contributed by atoms with E-state index in [1.165, 1.54) is 0 Å². The van der Waals surface area contributed by atoms with Gasteiger partial charge < -0.3 is 30.3 Å². The number of amides is 2. The van der Waals surface area contributed by atoms with E-state index in [0.717, 1.165) is 50.0 Å². The highest BCUT2D eigenvalue weighted by Crippen LogP contribution is 2.28. The summed E-state index contributed by atoms with van der Waals surface area (Å²) in [5.41, 5.74) is 1.98. The van der Waals surface area contributed by atoms with Gasteiger partial charge in [-0.1, -0.05) is 36.4 Å². The van der Waals surface area contributed by atoms with Crippen molar-refractivity contribution < 1.29 is 19.1 Å². The number of hydrogen-bond acceptors (Lipinski definition) is 6. The molecule has 2 aromatic carbocycles. The Kier molecular flexibility index (Phi) is 12.7. The molecule has 0 aliphatic carbocycles. The van der Waals surface area contributed by atoms with E-state index in [9.17, 15) is 9.59 Å². The van der Waals surface area contributed by atoms with Crippen LogP contribution in [-0.2, 0) is 9.59 Å². The zero-order chi connectivity index (χ0) is 27.0. The zero-order valence-electron chi connectivity index (χ0n) is 22.7. The Balaban J connectivity index is 1.60. The molecule has 3 N–H and O–H groups in total. The molecular weight excluding hydrogens is 480 g/mol. The van der Waals surface area contributed by atoms with Crippen LogP contribution in [0.2, 0.25) is 0 Å². The lowest BCUT2D eigenvalue weighted by Crippen LogP contribution is -2.35. The van der Waals surface area contributed by atoms with Crippen molar-refractivity contribution in [1.29, 1.82) is 0 Å². The van der Waals surface area contributed by atoms with Crippen molar-refractivity contribution in [3.63, 3.8) is 0 Å². The van der Waals surface area contributed by atoms with Crippen molar-refractivity contribution in [1.82, 2.24) is 20.9 Å². The molecular formula is C30H42N4O4. The Morgan fingerprint density at radius 1 is 0.895 bits per heavy atom. The maximum absolute atomic E-state index is 13.1. The monoisotopic (exact) mass is 522 g/mol. The molecule has 8 nitrogen and oxygen atoms in total. The van der Waals surface area contributed by atoms with Gasteiger partial charge in [0.25, 0.3) is 0 Å². The minimum atomic E-state index is -0.0367. The van der Waals surface area contributed by atoms with Crippen LogP contribution in [0.15, 0.2) is 54.6 Å². The van der Waals surface area contributed by atoms with Crippen LogP contribution in [0.1, 0.15) is 49.3 Å². The molecule has 0 bridgehead atoms. The Labute approximate surface area is 226 Å². The lowest BCUT2D eigenvalue weighted by atomic mass is 10.0. The Hall–Kier alpha value is -3.36. The summed E-state index contributed by atoms with van der Waals surface area (Å²) < 4.78 is 10.7. The molecule has 206 valence electrons. The van der Waals surface area contributed by atoms with E-state index >= 15 is 0 Å². The van der Waals surface area contributed by atoms with Gasteiger partial charge >= 0.3 is 0 Å². The standard InChI is InChI=1S/C30H42N4O4/c1-37-27-14-12-24(22-28(27)38-2)13-15-30(36)34-20-7-6-16-31-17-8-18-32-26(25-10-4-3-5-11-25)23-29(35)33-19-9-21-34/h3-5,10-15,22,26,31-32H,6-9,16-21,23H2,1-2H3,(H,33,35)/b15-13+/t26-/m0/s1. The van der Waals surface area contributed by atoms with Crippen LogP contribution >= 0.6 is 0 Å². The van der Waals surface area contributed by atoms with Gasteiger partial charge in [0.2, 0.25) is 11.8 Å². The normalized spacial score (nSPS) is 18.9. The topological polar surface area (TPSA) is 91.9 Å². The lowest BCUT2D eigenvalue weighted by Gasteiger charge is -2.22. The van der Waals surface area contributed by atoms with Crippen LogP contribution < -0.4 is 25.4 Å². The largest absolute Gasteiger partial charge is 0.493 e. The SMILES string of the molecule is COc1ccc(/C=C/C(=O)N2CCCCNCCCN[C@H](c3ccccc3)CC(=O)NCCC2)cc1OC. The van der Waals surface area contributed by atoms with E-state index in [0.29, 0.717) is 44.0 Å². The van der Waals surface area contributed by atoms with E-state index in [2.05, 4.69) is 28.1 Å². The molecule has 1 saturated heterocycles. The third-order valence-electron chi connectivity index (χ3n) is 6.61. The molecule has 8 heteroatoms. The Morgan fingerprint density at radius 2 is 1.66 bits per heavy atom. The smallest absolute Gasteiger partial charge is 0.246 e. The zero-order valence-corrected chi connectivity index (χ0v) is 22.7. The van der Waals surface area contributed by atoms with Gasteiger partial charge in [-0.3, -0.25) is 9.59 Å². The molecule has 1 atom stereocenters. The van der Waals surface area contributed by atoms with Gasteiger partial charge in [0.15, 0.2) is 11.5 Å². The molecule has 1 aliphatic heterocycles. The average molecular weight is 523 g/mol. The molecule has 2 aromatic rings. The maximum atomic E-state index is 13.1. The van der Waals surface area contributed by atoms with Crippen molar-refractivity contribution in [2.45, 2.75) is 38.1 Å². The van der Waals surface area contributed by atoms with Crippen LogP contribution in [0, 0.1) is 0 Å². The number of carbonyl (C=O) groups is 2. The molecule has 38 heavy (non-hydrogen) atoms. The highest BCUT2D eigenvalue weighted by Gasteiger charge is 2.16. The third kappa shape index (κ3) is 9.84. The average Bonchev–Trinajstić information content (AvgIpc) is 2.95. The number of rotatable bonds is 5.